The van der Waals surface area contributed by atoms with Crippen LogP contribution in [0.25, 0.3) is 0 Å². The zero-order chi connectivity index (χ0) is 15.5. The van der Waals surface area contributed by atoms with Crippen LogP contribution in [0.2, 0.25) is 0 Å². The van der Waals surface area contributed by atoms with Crippen LogP contribution in [0.4, 0.5) is 0 Å². The molecular weight excluding hydrogens is 278 g/mol. The molecule has 0 radical (unpaired) electrons. The molecule has 0 N–H and O–H groups in total. The van der Waals surface area contributed by atoms with Gasteiger partial charge in [-0.15, -0.1) is 0 Å². The van der Waals surface area contributed by atoms with Gasteiger partial charge in [0.05, 0.1) is 5.69 Å². The number of aryl methyl sites for hydroxylation is 3. The van der Waals surface area contributed by atoms with E-state index in [1.807, 2.05) is 41.8 Å². The van der Waals surface area contributed by atoms with Crippen molar-refractivity contribution in [1.29, 1.82) is 0 Å². The Morgan fingerprint density at radius 1 is 1.32 bits per heavy atom. The fraction of sp³-hybridized carbons (Fsp3) is 0.500. The molecule has 0 unspecified atom stereocenters. The number of hydrogen-bond donors (Lipinski definition) is 0. The van der Waals surface area contributed by atoms with Crippen LogP contribution in [0, 0.1) is 13.8 Å². The van der Waals surface area contributed by atoms with Gasteiger partial charge in [0.15, 0.2) is 0 Å². The highest BCUT2D eigenvalue weighted by atomic mass is 16.2. The number of carbonyl (C=O) groups is 1. The topological polar surface area (TPSA) is 63.9 Å². The second-order valence-corrected chi connectivity index (χ2v) is 5.85. The van der Waals surface area contributed by atoms with Crippen molar-refractivity contribution in [3.63, 3.8) is 0 Å². The standard InChI is InChI=1S/C16H21N5O/c1-12-3-7-17-16(18-12)14-5-8-20(11-14)15(22)6-10-21-9-4-13(2)19-21/h3-4,7,9,14H,5-6,8,10-11H2,1-2H3/t14-/m0/s1. The molecule has 6 heteroatoms. The zero-order valence-electron chi connectivity index (χ0n) is 13.1. The minimum Gasteiger partial charge on any atom is -0.342 e. The van der Waals surface area contributed by atoms with Gasteiger partial charge in [-0.1, -0.05) is 0 Å². The molecule has 0 aromatic carbocycles. The molecule has 3 rings (SSSR count). The smallest absolute Gasteiger partial charge is 0.224 e. The third kappa shape index (κ3) is 3.32. The first-order valence-corrected chi connectivity index (χ1v) is 7.69. The molecule has 1 atom stereocenters. The van der Waals surface area contributed by atoms with Gasteiger partial charge in [0, 0.05) is 50.1 Å². The van der Waals surface area contributed by atoms with E-state index in [1.54, 1.807) is 6.20 Å². The Labute approximate surface area is 130 Å². The lowest BCUT2D eigenvalue weighted by Gasteiger charge is -2.16. The van der Waals surface area contributed by atoms with E-state index >= 15 is 0 Å². The minimum absolute atomic E-state index is 0.184. The second kappa shape index (κ2) is 6.25. The summed E-state index contributed by atoms with van der Waals surface area (Å²) in [4.78, 5) is 23.1. The van der Waals surface area contributed by atoms with Gasteiger partial charge >= 0.3 is 0 Å². The lowest BCUT2D eigenvalue weighted by molar-refractivity contribution is -0.130. The molecule has 0 aliphatic carbocycles. The van der Waals surface area contributed by atoms with E-state index in [-0.39, 0.29) is 11.8 Å². The Kier molecular flexibility index (Phi) is 4.18. The van der Waals surface area contributed by atoms with Crippen LogP contribution < -0.4 is 0 Å². The summed E-state index contributed by atoms with van der Waals surface area (Å²) in [5.41, 5.74) is 1.95. The van der Waals surface area contributed by atoms with E-state index in [9.17, 15) is 4.79 Å². The van der Waals surface area contributed by atoms with Crippen molar-refractivity contribution >= 4 is 5.91 Å². The number of amides is 1. The molecule has 1 saturated heterocycles. The molecule has 6 nitrogen and oxygen atoms in total. The van der Waals surface area contributed by atoms with Crippen molar-refractivity contribution < 1.29 is 4.79 Å². The van der Waals surface area contributed by atoms with E-state index in [0.717, 1.165) is 36.7 Å². The van der Waals surface area contributed by atoms with Crippen molar-refractivity contribution in [3.05, 3.63) is 41.7 Å². The Balaban J connectivity index is 1.54. The fourth-order valence-corrected chi connectivity index (χ4v) is 2.82. The third-order valence-corrected chi connectivity index (χ3v) is 4.05. The predicted octanol–water partition coefficient (Wildman–Crippen LogP) is 1.70. The van der Waals surface area contributed by atoms with Crippen LogP contribution in [0.1, 0.15) is 36.0 Å². The van der Waals surface area contributed by atoms with Gasteiger partial charge in [-0.05, 0) is 32.4 Å². The van der Waals surface area contributed by atoms with Crippen molar-refractivity contribution in [2.24, 2.45) is 0 Å². The summed E-state index contributed by atoms with van der Waals surface area (Å²) in [5.74, 6) is 1.30. The molecule has 116 valence electrons. The molecule has 2 aromatic heterocycles. The number of nitrogens with zero attached hydrogens (tertiary/aromatic N) is 5. The van der Waals surface area contributed by atoms with Crippen LogP contribution in [0.5, 0.6) is 0 Å². The first-order valence-electron chi connectivity index (χ1n) is 7.69. The summed E-state index contributed by atoms with van der Waals surface area (Å²) in [6.45, 7) is 6.06. The van der Waals surface area contributed by atoms with Gasteiger partial charge in [-0.25, -0.2) is 9.97 Å². The Bertz CT molecular complexity index is 666. The Hall–Kier alpha value is -2.24. The van der Waals surface area contributed by atoms with Crippen LogP contribution >= 0.6 is 0 Å². The van der Waals surface area contributed by atoms with Gasteiger partial charge in [-0.2, -0.15) is 5.10 Å². The number of hydrogen-bond acceptors (Lipinski definition) is 4. The van der Waals surface area contributed by atoms with Crippen LogP contribution in [-0.2, 0) is 11.3 Å². The third-order valence-electron chi connectivity index (χ3n) is 4.05. The zero-order valence-corrected chi connectivity index (χ0v) is 13.1. The maximum Gasteiger partial charge on any atom is 0.224 e. The second-order valence-electron chi connectivity index (χ2n) is 5.85. The molecule has 1 fully saturated rings. The van der Waals surface area contributed by atoms with E-state index in [1.165, 1.54) is 0 Å². The summed E-state index contributed by atoms with van der Waals surface area (Å²) in [5, 5.41) is 4.31. The average Bonchev–Trinajstić information content (AvgIpc) is 3.14. The first-order chi connectivity index (χ1) is 10.6. The lowest BCUT2D eigenvalue weighted by atomic mass is 10.1. The Morgan fingerprint density at radius 3 is 2.91 bits per heavy atom. The van der Waals surface area contributed by atoms with Crippen molar-refractivity contribution in [2.75, 3.05) is 13.1 Å². The number of rotatable bonds is 4. The summed E-state index contributed by atoms with van der Waals surface area (Å²) >= 11 is 0. The highest BCUT2D eigenvalue weighted by Crippen LogP contribution is 2.25. The van der Waals surface area contributed by atoms with Gasteiger partial charge in [-0.3, -0.25) is 9.48 Å². The SMILES string of the molecule is Cc1ccnc([C@H]2CCN(C(=O)CCn3ccc(C)n3)C2)n1. The van der Waals surface area contributed by atoms with Gasteiger partial charge in [0.1, 0.15) is 5.82 Å². The van der Waals surface area contributed by atoms with E-state index in [0.29, 0.717) is 13.0 Å². The largest absolute Gasteiger partial charge is 0.342 e. The van der Waals surface area contributed by atoms with E-state index < -0.39 is 0 Å². The summed E-state index contributed by atoms with van der Waals surface area (Å²) in [6.07, 6.45) is 5.14. The molecule has 0 spiro atoms. The predicted molar refractivity (Wildman–Crippen MR) is 82.3 cm³/mol. The van der Waals surface area contributed by atoms with E-state index in [2.05, 4.69) is 15.1 Å². The maximum atomic E-state index is 12.3. The molecule has 1 aliphatic rings. The monoisotopic (exact) mass is 299 g/mol. The average molecular weight is 299 g/mol. The number of likely N-dealkylation sites (tertiary alicyclic amines) is 1. The van der Waals surface area contributed by atoms with Gasteiger partial charge < -0.3 is 4.90 Å². The van der Waals surface area contributed by atoms with Crippen LogP contribution in [-0.4, -0.2) is 43.6 Å². The maximum absolute atomic E-state index is 12.3. The van der Waals surface area contributed by atoms with Crippen LogP contribution in [0.3, 0.4) is 0 Å². The summed E-state index contributed by atoms with van der Waals surface area (Å²) in [6, 6.07) is 3.85. The summed E-state index contributed by atoms with van der Waals surface area (Å²) in [7, 11) is 0. The van der Waals surface area contributed by atoms with Crippen molar-refractivity contribution in [3.8, 4) is 0 Å². The van der Waals surface area contributed by atoms with Gasteiger partial charge in [0.2, 0.25) is 5.91 Å². The molecule has 0 bridgehead atoms. The molecular formula is C16H21N5O. The number of aromatic nitrogens is 4. The summed E-state index contributed by atoms with van der Waals surface area (Å²) < 4.78 is 1.82. The van der Waals surface area contributed by atoms with Crippen molar-refractivity contribution in [1.82, 2.24) is 24.6 Å². The quantitative estimate of drug-likeness (QED) is 0.862. The van der Waals surface area contributed by atoms with E-state index in [4.69, 9.17) is 0 Å². The van der Waals surface area contributed by atoms with Crippen molar-refractivity contribution in [2.45, 2.75) is 39.2 Å². The first kappa shape index (κ1) is 14.7. The molecule has 3 heterocycles. The highest BCUT2D eigenvalue weighted by molar-refractivity contribution is 5.76. The molecule has 1 aliphatic heterocycles. The lowest BCUT2D eigenvalue weighted by Crippen LogP contribution is -2.29. The molecule has 0 saturated carbocycles. The molecule has 22 heavy (non-hydrogen) atoms. The highest BCUT2D eigenvalue weighted by Gasteiger charge is 2.28. The normalized spacial score (nSPS) is 17.9. The fourth-order valence-electron chi connectivity index (χ4n) is 2.82. The Morgan fingerprint density at radius 2 is 2.18 bits per heavy atom. The number of carbonyl (C=O) groups excluding carboxylic acids is 1. The molecule has 2 aromatic rings. The molecule has 1 amide bonds. The minimum atomic E-state index is 0.184. The van der Waals surface area contributed by atoms with Gasteiger partial charge in [0.25, 0.3) is 0 Å². The van der Waals surface area contributed by atoms with Crippen LogP contribution in [0.15, 0.2) is 24.5 Å².